The van der Waals surface area contributed by atoms with Gasteiger partial charge in [-0.1, -0.05) is 11.6 Å². The molecule has 0 saturated carbocycles. The van der Waals surface area contributed by atoms with Gasteiger partial charge in [0.2, 0.25) is 5.88 Å². The van der Waals surface area contributed by atoms with Crippen LogP contribution < -0.4 is 20.3 Å². The molecule has 234 valence electrons. The van der Waals surface area contributed by atoms with Gasteiger partial charge in [0, 0.05) is 39.5 Å². The first-order chi connectivity index (χ1) is 21.9. The molecule has 0 fully saturated rings. The molecular weight excluding hydrogens is 635 g/mol. The molecule has 3 amide bonds. The highest BCUT2D eigenvalue weighted by molar-refractivity contribution is 6.31. The Morgan fingerprint density at radius 3 is 2.63 bits per heavy atom. The van der Waals surface area contributed by atoms with Crippen LogP contribution in [-0.2, 0) is 12.6 Å². The molecule has 46 heavy (non-hydrogen) atoms. The molecule has 0 aliphatic carbocycles. The van der Waals surface area contributed by atoms with Crippen LogP contribution in [0.4, 0.5) is 38.1 Å². The number of carbonyl (C=O) groups is 2. The van der Waals surface area contributed by atoms with E-state index in [2.05, 4.69) is 20.7 Å². The van der Waals surface area contributed by atoms with Crippen LogP contribution in [0, 0.1) is 11.6 Å². The molecule has 5 aromatic rings. The topological polar surface area (TPSA) is 101 Å². The van der Waals surface area contributed by atoms with Crippen molar-refractivity contribution in [1.29, 1.82) is 0 Å². The number of anilines is 2. The van der Waals surface area contributed by atoms with Gasteiger partial charge in [-0.2, -0.15) is 22.8 Å². The number of methoxy groups -OCH3 is 1. The van der Waals surface area contributed by atoms with Gasteiger partial charge in [-0.25, -0.2) is 18.6 Å². The standard InChI is InChI=1S/C31H20ClF5N6O3/c1-46-29-19(3-5-24-38-13-39-43(24)29)20-12-23(40-28(44)14-8-15(31(35,36)37)10-17(34)9-14)25-26(21-11-16(33)2-4-22(21)32)41-30(45)42-7-6-18(20)27(25)42/h2-5,8-13,26H,6-7H2,1H3,(H,40,44)(H,41,45). The van der Waals surface area contributed by atoms with Crippen molar-refractivity contribution in [1.82, 2.24) is 19.9 Å². The van der Waals surface area contributed by atoms with Crippen molar-refractivity contribution < 1.29 is 36.3 Å². The Kier molecular flexibility index (Phi) is 6.85. The largest absolute Gasteiger partial charge is 0.480 e. The highest BCUT2D eigenvalue weighted by atomic mass is 35.5. The van der Waals surface area contributed by atoms with Gasteiger partial charge in [-0.15, -0.1) is 0 Å². The van der Waals surface area contributed by atoms with E-state index >= 15 is 0 Å². The number of hydrogen-bond acceptors (Lipinski definition) is 5. The Morgan fingerprint density at radius 1 is 1.07 bits per heavy atom. The van der Waals surface area contributed by atoms with Gasteiger partial charge in [0.05, 0.1) is 24.4 Å². The number of halogens is 6. The minimum absolute atomic E-state index is 0.0505. The molecule has 2 aromatic heterocycles. The summed E-state index contributed by atoms with van der Waals surface area (Å²) in [4.78, 5) is 32.6. The van der Waals surface area contributed by atoms with Crippen molar-refractivity contribution >= 4 is 40.6 Å². The number of aromatic nitrogens is 3. The molecule has 9 nitrogen and oxygen atoms in total. The minimum atomic E-state index is -4.91. The summed E-state index contributed by atoms with van der Waals surface area (Å²) in [6.45, 7) is 0.245. The zero-order valence-electron chi connectivity index (χ0n) is 23.5. The number of nitrogens with zero attached hydrogens (tertiary/aromatic N) is 4. The fourth-order valence-electron chi connectivity index (χ4n) is 6.05. The Morgan fingerprint density at radius 2 is 1.87 bits per heavy atom. The Balaban J connectivity index is 1.48. The summed E-state index contributed by atoms with van der Waals surface area (Å²) in [5.41, 5.74) is 1.19. The van der Waals surface area contributed by atoms with Gasteiger partial charge in [-0.05, 0) is 72.1 Å². The van der Waals surface area contributed by atoms with E-state index in [9.17, 15) is 31.5 Å². The zero-order valence-corrected chi connectivity index (χ0v) is 24.3. The number of alkyl halides is 3. The van der Waals surface area contributed by atoms with Crippen LogP contribution in [0.5, 0.6) is 5.88 Å². The van der Waals surface area contributed by atoms with Crippen LogP contribution >= 0.6 is 11.6 Å². The average Bonchev–Trinajstić information content (AvgIpc) is 3.68. The number of benzene rings is 3. The van der Waals surface area contributed by atoms with Crippen molar-refractivity contribution in [2.75, 3.05) is 23.9 Å². The van der Waals surface area contributed by atoms with Crippen molar-refractivity contribution in [2.24, 2.45) is 0 Å². The number of rotatable bonds is 5. The summed E-state index contributed by atoms with van der Waals surface area (Å²) in [5, 5.41) is 9.78. The Labute approximate surface area is 261 Å². The third-order valence-electron chi connectivity index (χ3n) is 7.99. The van der Waals surface area contributed by atoms with Crippen LogP contribution in [-0.4, -0.2) is 40.2 Å². The predicted molar refractivity (Wildman–Crippen MR) is 157 cm³/mol. The number of pyridine rings is 1. The molecule has 1 unspecified atom stereocenters. The number of amides is 3. The molecule has 0 saturated heterocycles. The maximum Gasteiger partial charge on any atom is 0.416 e. The smallest absolute Gasteiger partial charge is 0.416 e. The second-order valence-corrected chi connectivity index (χ2v) is 11.0. The first-order valence-electron chi connectivity index (χ1n) is 13.7. The monoisotopic (exact) mass is 654 g/mol. The molecular formula is C31H20ClF5N6O3. The predicted octanol–water partition coefficient (Wildman–Crippen LogP) is 6.78. The number of fused-ring (bicyclic) bond motifs is 1. The van der Waals surface area contributed by atoms with Crippen molar-refractivity contribution in [3.63, 3.8) is 0 Å². The molecule has 0 spiro atoms. The van der Waals surface area contributed by atoms with E-state index in [1.54, 1.807) is 18.2 Å². The third kappa shape index (κ3) is 4.76. The zero-order chi connectivity index (χ0) is 32.5. The lowest BCUT2D eigenvalue weighted by Gasteiger charge is -2.35. The summed E-state index contributed by atoms with van der Waals surface area (Å²) in [6.07, 6.45) is -3.20. The molecule has 0 bridgehead atoms. The van der Waals surface area contributed by atoms with Crippen molar-refractivity contribution in [2.45, 2.75) is 18.6 Å². The van der Waals surface area contributed by atoms with Crippen LogP contribution in [0.1, 0.15) is 38.7 Å². The molecule has 2 aliphatic rings. The maximum absolute atomic E-state index is 14.5. The first kappa shape index (κ1) is 29.5. The second-order valence-electron chi connectivity index (χ2n) is 10.6. The van der Waals surface area contributed by atoms with Crippen LogP contribution in [0.15, 0.2) is 60.9 Å². The van der Waals surface area contributed by atoms with Crippen molar-refractivity contribution in [3.05, 3.63) is 105 Å². The molecule has 2 N–H and O–H groups in total. The number of urea groups is 1. The maximum atomic E-state index is 14.5. The van der Waals surface area contributed by atoms with Crippen LogP contribution in [0.3, 0.4) is 0 Å². The summed E-state index contributed by atoms with van der Waals surface area (Å²) < 4.78 is 76.4. The number of carbonyl (C=O) groups excluding carboxylic acids is 2. The van der Waals surface area contributed by atoms with E-state index in [1.165, 1.54) is 28.9 Å². The quantitative estimate of drug-likeness (QED) is 0.204. The molecule has 1 atom stereocenters. The molecule has 2 aliphatic heterocycles. The van der Waals surface area contributed by atoms with Crippen LogP contribution in [0.25, 0.3) is 16.8 Å². The normalized spacial score (nSPS) is 15.6. The number of ether oxygens (including phenoxy) is 1. The summed E-state index contributed by atoms with van der Waals surface area (Å²) in [5.74, 6) is -2.67. The lowest BCUT2D eigenvalue weighted by molar-refractivity contribution is -0.137. The van der Waals surface area contributed by atoms with Gasteiger partial charge in [0.1, 0.15) is 18.0 Å². The van der Waals surface area contributed by atoms with E-state index < -0.39 is 46.9 Å². The van der Waals surface area contributed by atoms with Gasteiger partial charge < -0.3 is 15.4 Å². The molecule has 7 rings (SSSR count). The van der Waals surface area contributed by atoms with E-state index in [1.807, 2.05) is 0 Å². The summed E-state index contributed by atoms with van der Waals surface area (Å²) in [6, 6.07) is 8.52. The third-order valence-corrected chi connectivity index (χ3v) is 8.33. The molecule has 4 heterocycles. The molecule has 15 heteroatoms. The highest BCUT2D eigenvalue weighted by Crippen LogP contribution is 2.51. The number of nitrogens with one attached hydrogen (secondary N) is 2. The van der Waals surface area contributed by atoms with Gasteiger partial charge in [0.25, 0.3) is 5.91 Å². The Hall–Kier alpha value is -5.24. The molecule has 0 radical (unpaired) electrons. The van der Waals surface area contributed by atoms with E-state index in [-0.39, 0.29) is 34.8 Å². The summed E-state index contributed by atoms with van der Waals surface area (Å²) >= 11 is 6.48. The fraction of sp³-hybridized carbons (Fsp3) is 0.161. The second kappa shape index (κ2) is 10.7. The van der Waals surface area contributed by atoms with E-state index in [0.717, 1.165) is 12.1 Å². The summed E-state index contributed by atoms with van der Waals surface area (Å²) in [7, 11) is 1.43. The molecule has 3 aromatic carbocycles. The van der Waals surface area contributed by atoms with E-state index in [0.29, 0.717) is 52.1 Å². The minimum Gasteiger partial charge on any atom is -0.480 e. The Bertz CT molecular complexity index is 2100. The number of hydrogen-bond donors (Lipinski definition) is 2. The lowest BCUT2D eigenvalue weighted by Crippen LogP contribution is -2.46. The van der Waals surface area contributed by atoms with Crippen molar-refractivity contribution in [3.8, 4) is 17.0 Å². The fourth-order valence-corrected chi connectivity index (χ4v) is 6.28. The average molecular weight is 655 g/mol. The lowest BCUT2D eigenvalue weighted by atomic mass is 9.87. The SMILES string of the molecule is COc1c(-c2cc(NC(=O)c3cc(F)cc(C(F)(F)F)c3)c3c4c2CCN4C(=O)NC3c2cc(F)ccc2Cl)ccc2ncnn12. The van der Waals surface area contributed by atoms with E-state index in [4.69, 9.17) is 16.3 Å². The van der Waals surface area contributed by atoms with Gasteiger partial charge >= 0.3 is 12.2 Å². The van der Waals surface area contributed by atoms with Crippen LogP contribution in [0.2, 0.25) is 5.02 Å². The van der Waals surface area contributed by atoms with Gasteiger partial charge in [-0.3, -0.25) is 9.69 Å². The first-order valence-corrected chi connectivity index (χ1v) is 14.1. The highest BCUT2D eigenvalue weighted by Gasteiger charge is 2.41. The van der Waals surface area contributed by atoms with Gasteiger partial charge in [0.15, 0.2) is 5.65 Å².